The lowest BCUT2D eigenvalue weighted by atomic mass is 9.85. The summed E-state index contributed by atoms with van der Waals surface area (Å²) in [5.74, 6) is 0.795. The van der Waals surface area contributed by atoms with Gasteiger partial charge in [-0.1, -0.05) is 12.1 Å². The van der Waals surface area contributed by atoms with Crippen molar-refractivity contribution in [3.63, 3.8) is 0 Å². The van der Waals surface area contributed by atoms with Crippen molar-refractivity contribution in [2.24, 2.45) is 5.92 Å². The molecule has 1 aromatic heterocycles. The van der Waals surface area contributed by atoms with Gasteiger partial charge in [-0.15, -0.1) is 0 Å². The molecule has 0 radical (unpaired) electrons. The molecule has 1 N–H and O–H groups in total. The van der Waals surface area contributed by atoms with E-state index in [0.29, 0.717) is 26.2 Å². The molecule has 1 aromatic carbocycles. The number of likely N-dealkylation sites (tertiary alicyclic amines) is 1. The molecule has 26 heavy (non-hydrogen) atoms. The van der Waals surface area contributed by atoms with Crippen LogP contribution in [0.2, 0.25) is 0 Å². The Kier molecular flexibility index (Phi) is 4.21. The Morgan fingerprint density at radius 2 is 2.19 bits per heavy atom. The van der Waals surface area contributed by atoms with Crippen LogP contribution in [-0.4, -0.2) is 57.9 Å². The van der Waals surface area contributed by atoms with Gasteiger partial charge in [0.15, 0.2) is 0 Å². The summed E-state index contributed by atoms with van der Waals surface area (Å²) in [5.41, 5.74) is 1.15. The summed E-state index contributed by atoms with van der Waals surface area (Å²) in [4.78, 5) is 27.6. The molecule has 0 aliphatic carbocycles. The molecule has 2 fully saturated rings. The molecule has 8 heteroatoms. The molecule has 0 spiro atoms. The van der Waals surface area contributed by atoms with E-state index in [-0.39, 0.29) is 5.92 Å². The number of carbonyl (C=O) groups is 1. The van der Waals surface area contributed by atoms with E-state index in [1.54, 1.807) is 25.7 Å². The Hall–Kier alpha value is -2.71. The number of aromatic nitrogens is 2. The molecule has 2 aliphatic rings. The number of carboxylic acid groups (broad SMARTS) is 1. The van der Waals surface area contributed by atoms with Crippen molar-refractivity contribution >= 4 is 6.09 Å². The molecule has 2 aliphatic heterocycles. The van der Waals surface area contributed by atoms with E-state index >= 15 is 0 Å². The topological polar surface area (TPSA) is 88.0 Å². The third-order valence-corrected chi connectivity index (χ3v) is 5.19. The molecule has 0 saturated carbocycles. The predicted molar refractivity (Wildman–Crippen MR) is 91.3 cm³/mol. The van der Waals surface area contributed by atoms with Gasteiger partial charge in [-0.2, -0.15) is 5.06 Å². The number of ether oxygens (including phenoxy) is 1. The second kappa shape index (κ2) is 6.54. The fraction of sp³-hybridized carbons (Fsp3) is 0.389. The van der Waals surface area contributed by atoms with Crippen LogP contribution in [-0.2, 0) is 16.9 Å². The standard InChI is InChI=1S/C18H20N4O4/c1-25-15-4-2-13(3-5-15)9-22-18(16-8-19-6-7-20-16)12-21(17(23)24)10-14(18)11-26-22/h2-8,14H,9-12H2,1H3,(H,23,24). The molecular weight excluding hydrogens is 336 g/mol. The van der Waals surface area contributed by atoms with E-state index < -0.39 is 11.6 Å². The maximum absolute atomic E-state index is 11.6. The lowest BCUT2D eigenvalue weighted by Crippen LogP contribution is -2.47. The Morgan fingerprint density at radius 1 is 1.38 bits per heavy atom. The number of methoxy groups -OCH3 is 1. The highest BCUT2D eigenvalue weighted by molar-refractivity contribution is 5.66. The highest BCUT2D eigenvalue weighted by Gasteiger charge is 2.59. The van der Waals surface area contributed by atoms with Crippen LogP contribution in [0.4, 0.5) is 4.79 Å². The van der Waals surface area contributed by atoms with Crippen molar-refractivity contribution in [2.45, 2.75) is 12.1 Å². The van der Waals surface area contributed by atoms with Gasteiger partial charge in [0.2, 0.25) is 0 Å². The van der Waals surface area contributed by atoms with Crippen LogP contribution in [0.3, 0.4) is 0 Å². The first-order valence-electron chi connectivity index (χ1n) is 8.41. The monoisotopic (exact) mass is 356 g/mol. The minimum absolute atomic E-state index is 0.00792. The first-order chi connectivity index (χ1) is 12.6. The molecule has 2 unspecified atom stereocenters. The molecule has 2 atom stereocenters. The van der Waals surface area contributed by atoms with E-state index in [0.717, 1.165) is 17.0 Å². The summed E-state index contributed by atoms with van der Waals surface area (Å²) >= 11 is 0. The lowest BCUT2D eigenvalue weighted by Gasteiger charge is -2.35. The number of amides is 1. The first kappa shape index (κ1) is 16.7. The Morgan fingerprint density at radius 3 is 2.85 bits per heavy atom. The SMILES string of the molecule is COc1ccc(CN2OCC3CN(C(=O)O)CC32c2cnccn2)cc1. The zero-order valence-electron chi connectivity index (χ0n) is 14.4. The Balaban J connectivity index is 1.68. The minimum Gasteiger partial charge on any atom is -0.497 e. The number of hydrogen-bond acceptors (Lipinski definition) is 6. The molecular formula is C18H20N4O4. The summed E-state index contributed by atoms with van der Waals surface area (Å²) in [6.45, 7) is 1.70. The zero-order valence-corrected chi connectivity index (χ0v) is 14.4. The van der Waals surface area contributed by atoms with Crippen LogP contribution in [0.5, 0.6) is 5.75 Å². The van der Waals surface area contributed by atoms with Gasteiger partial charge in [0.25, 0.3) is 0 Å². The summed E-state index contributed by atoms with van der Waals surface area (Å²) < 4.78 is 5.20. The first-order valence-corrected chi connectivity index (χ1v) is 8.41. The average Bonchev–Trinajstić information content (AvgIpc) is 3.21. The summed E-state index contributed by atoms with van der Waals surface area (Å²) in [6.07, 6.45) is 4.03. The molecule has 3 heterocycles. The van der Waals surface area contributed by atoms with Crippen LogP contribution in [0.15, 0.2) is 42.9 Å². The van der Waals surface area contributed by atoms with Crippen LogP contribution < -0.4 is 4.74 Å². The lowest BCUT2D eigenvalue weighted by molar-refractivity contribution is -0.177. The van der Waals surface area contributed by atoms with Gasteiger partial charge in [-0.25, -0.2) is 4.79 Å². The van der Waals surface area contributed by atoms with Gasteiger partial charge in [0.05, 0.1) is 38.7 Å². The van der Waals surface area contributed by atoms with E-state index in [9.17, 15) is 9.90 Å². The van der Waals surface area contributed by atoms with Gasteiger partial charge in [-0.3, -0.25) is 14.8 Å². The molecule has 4 rings (SSSR count). The zero-order chi connectivity index (χ0) is 18.1. The Bertz CT molecular complexity index is 786. The molecule has 2 saturated heterocycles. The van der Waals surface area contributed by atoms with E-state index in [4.69, 9.17) is 9.57 Å². The number of hydroxylamine groups is 2. The number of fused-ring (bicyclic) bond motifs is 1. The van der Waals surface area contributed by atoms with E-state index in [1.165, 1.54) is 4.90 Å². The molecule has 0 bridgehead atoms. The van der Waals surface area contributed by atoms with Crippen molar-refractivity contribution in [1.29, 1.82) is 0 Å². The summed E-state index contributed by atoms with van der Waals surface area (Å²) in [7, 11) is 1.63. The number of rotatable bonds is 4. The average molecular weight is 356 g/mol. The molecule has 136 valence electrons. The number of nitrogens with zero attached hydrogens (tertiary/aromatic N) is 4. The van der Waals surface area contributed by atoms with Crippen molar-refractivity contribution in [1.82, 2.24) is 19.9 Å². The van der Waals surface area contributed by atoms with Gasteiger partial charge < -0.3 is 14.7 Å². The van der Waals surface area contributed by atoms with Crippen LogP contribution in [0.1, 0.15) is 11.3 Å². The molecule has 1 amide bonds. The van der Waals surface area contributed by atoms with Gasteiger partial charge in [-0.05, 0) is 17.7 Å². The normalized spacial score (nSPS) is 25.3. The maximum atomic E-state index is 11.6. The second-order valence-corrected chi connectivity index (χ2v) is 6.56. The fourth-order valence-electron chi connectivity index (χ4n) is 3.84. The summed E-state index contributed by atoms with van der Waals surface area (Å²) in [6, 6.07) is 7.75. The van der Waals surface area contributed by atoms with Crippen molar-refractivity contribution in [2.75, 3.05) is 26.8 Å². The summed E-state index contributed by atoms with van der Waals surface area (Å²) in [5, 5.41) is 11.3. The van der Waals surface area contributed by atoms with Crippen LogP contribution in [0, 0.1) is 5.92 Å². The second-order valence-electron chi connectivity index (χ2n) is 6.56. The van der Waals surface area contributed by atoms with Crippen molar-refractivity contribution in [3.8, 4) is 5.75 Å². The van der Waals surface area contributed by atoms with Crippen molar-refractivity contribution < 1.29 is 19.5 Å². The van der Waals surface area contributed by atoms with E-state index in [1.807, 2.05) is 29.3 Å². The largest absolute Gasteiger partial charge is 0.497 e. The van der Waals surface area contributed by atoms with Crippen LogP contribution >= 0.6 is 0 Å². The highest BCUT2D eigenvalue weighted by atomic mass is 16.7. The van der Waals surface area contributed by atoms with E-state index in [2.05, 4.69) is 9.97 Å². The quantitative estimate of drug-likeness (QED) is 0.893. The third-order valence-electron chi connectivity index (χ3n) is 5.19. The molecule has 8 nitrogen and oxygen atoms in total. The fourth-order valence-corrected chi connectivity index (χ4v) is 3.84. The third kappa shape index (κ3) is 2.67. The maximum Gasteiger partial charge on any atom is 0.407 e. The van der Waals surface area contributed by atoms with Gasteiger partial charge >= 0.3 is 6.09 Å². The molecule has 2 aromatic rings. The van der Waals surface area contributed by atoms with Crippen LogP contribution in [0.25, 0.3) is 0 Å². The predicted octanol–water partition coefficient (Wildman–Crippen LogP) is 1.74. The van der Waals surface area contributed by atoms with Gasteiger partial charge in [0.1, 0.15) is 11.3 Å². The number of benzene rings is 1. The highest BCUT2D eigenvalue weighted by Crippen LogP contribution is 2.46. The van der Waals surface area contributed by atoms with Gasteiger partial charge in [0, 0.05) is 24.9 Å². The smallest absolute Gasteiger partial charge is 0.407 e. The minimum atomic E-state index is -0.924. The van der Waals surface area contributed by atoms with Crippen molar-refractivity contribution in [3.05, 3.63) is 54.1 Å². The Labute approximate surface area is 150 Å². The number of hydrogen-bond donors (Lipinski definition) is 1.